The Balaban J connectivity index is 1.85. The van der Waals surface area contributed by atoms with Crippen LogP contribution in [0.25, 0.3) is 0 Å². The summed E-state index contributed by atoms with van der Waals surface area (Å²) in [5.41, 5.74) is 4.19. The third-order valence-corrected chi connectivity index (χ3v) is 4.88. The quantitative estimate of drug-likeness (QED) is 0.887. The number of rotatable bonds is 2. The van der Waals surface area contributed by atoms with E-state index in [-0.39, 0.29) is 12.1 Å². The Morgan fingerprint density at radius 2 is 2.08 bits per heavy atom. The van der Waals surface area contributed by atoms with E-state index >= 15 is 0 Å². The molecule has 0 aromatic carbocycles. The molecule has 2 amide bonds. The van der Waals surface area contributed by atoms with Gasteiger partial charge in [0.05, 0.1) is 11.7 Å². The van der Waals surface area contributed by atoms with E-state index in [0.29, 0.717) is 5.82 Å². The molecular formula is C17H26N6O. The highest BCUT2D eigenvalue weighted by molar-refractivity contribution is 5.88. The molecule has 1 aliphatic heterocycles. The lowest BCUT2D eigenvalue weighted by Crippen LogP contribution is -2.38. The Kier molecular flexibility index (Phi) is 4.59. The van der Waals surface area contributed by atoms with Crippen LogP contribution in [0.3, 0.4) is 0 Å². The molecule has 24 heavy (non-hydrogen) atoms. The van der Waals surface area contributed by atoms with E-state index < -0.39 is 0 Å². The molecule has 1 fully saturated rings. The zero-order valence-electron chi connectivity index (χ0n) is 14.9. The van der Waals surface area contributed by atoms with E-state index in [0.717, 1.165) is 54.9 Å². The fourth-order valence-corrected chi connectivity index (χ4v) is 3.51. The normalized spacial score (nSPS) is 18.5. The third kappa shape index (κ3) is 3.16. The predicted octanol–water partition coefficient (Wildman–Crippen LogP) is 3.22. The van der Waals surface area contributed by atoms with E-state index in [2.05, 4.69) is 20.6 Å². The molecule has 0 aliphatic carbocycles. The summed E-state index contributed by atoms with van der Waals surface area (Å²) in [6.07, 6.45) is 4.27. The van der Waals surface area contributed by atoms with Crippen molar-refractivity contribution in [1.82, 2.24) is 24.9 Å². The number of hydrogen-bond donors (Lipinski definition) is 2. The molecule has 0 radical (unpaired) electrons. The molecule has 7 nitrogen and oxygen atoms in total. The van der Waals surface area contributed by atoms with E-state index in [9.17, 15) is 4.79 Å². The van der Waals surface area contributed by atoms with Gasteiger partial charge in [0, 0.05) is 36.6 Å². The fourth-order valence-electron chi connectivity index (χ4n) is 3.51. The number of carbonyl (C=O) groups excluding carboxylic acids is 1. The van der Waals surface area contributed by atoms with Crippen molar-refractivity contribution in [2.24, 2.45) is 7.05 Å². The average molecular weight is 330 g/mol. The maximum absolute atomic E-state index is 12.9. The highest BCUT2D eigenvalue weighted by atomic mass is 16.2. The number of aromatic nitrogens is 4. The van der Waals surface area contributed by atoms with Gasteiger partial charge in [-0.1, -0.05) is 12.8 Å². The van der Waals surface area contributed by atoms with Crippen LogP contribution in [0.15, 0.2) is 6.07 Å². The highest BCUT2D eigenvalue weighted by Crippen LogP contribution is 2.33. The molecule has 2 aromatic heterocycles. The third-order valence-electron chi connectivity index (χ3n) is 4.88. The van der Waals surface area contributed by atoms with Crippen molar-refractivity contribution in [1.29, 1.82) is 0 Å². The lowest BCUT2D eigenvalue weighted by atomic mass is 9.99. The van der Waals surface area contributed by atoms with Crippen molar-refractivity contribution < 1.29 is 4.79 Å². The van der Waals surface area contributed by atoms with Gasteiger partial charge in [-0.3, -0.25) is 15.1 Å². The van der Waals surface area contributed by atoms with Gasteiger partial charge in [0.2, 0.25) is 0 Å². The molecule has 1 saturated heterocycles. The van der Waals surface area contributed by atoms with Crippen LogP contribution in [-0.4, -0.2) is 37.5 Å². The second kappa shape index (κ2) is 6.67. The highest BCUT2D eigenvalue weighted by Gasteiger charge is 2.30. The van der Waals surface area contributed by atoms with Gasteiger partial charge in [0.1, 0.15) is 0 Å². The van der Waals surface area contributed by atoms with Crippen molar-refractivity contribution in [2.75, 3.05) is 11.9 Å². The molecule has 1 aliphatic rings. The van der Waals surface area contributed by atoms with Gasteiger partial charge >= 0.3 is 6.03 Å². The van der Waals surface area contributed by atoms with Crippen molar-refractivity contribution in [2.45, 2.75) is 52.5 Å². The summed E-state index contributed by atoms with van der Waals surface area (Å²) in [4.78, 5) is 14.9. The van der Waals surface area contributed by atoms with Crippen LogP contribution in [0.5, 0.6) is 0 Å². The minimum absolute atomic E-state index is 0.0658. The minimum atomic E-state index is -0.0833. The Bertz CT molecular complexity index is 693. The standard InChI is InChI=1S/C17H26N6O/c1-11-10-15(21-22(11)4)18-17(24)23-9-7-5-6-8-14(23)16-12(2)19-20-13(16)3/h10,14H,5-9H2,1-4H3,(H,19,20)(H,18,21,24). The second-order valence-corrected chi connectivity index (χ2v) is 6.63. The second-order valence-electron chi connectivity index (χ2n) is 6.63. The van der Waals surface area contributed by atoms with E-state index in [4.69, 9.17) is 0 Å². The summed E-state index contributed by atoms with van der Waals surface area (Å²) >= 11 is 0. The van der Waals surface area contributed by atoms with E-state index in [1.54, 1.807) is 4.68 Å². The number of carbonyl (C=O) groups is 1. The SMILES string of the molecule is Cc1n[nH]c(C)c1C1CCCCCN1C(=O)Nc1cc(C)n(C)n1. The summed E-state index contributed by atoms with van der Waals surface area (Å²) in [5, 5.41) is 14.7. The van der Waals surface area contributed by atoms with Crippen LogP contribution in [-0.2, 0) is 7.05 Å². The number of urea groups is 1. The smallest absolute Gasteiger partial charge is 0.317 e. The summed E-state index contributed by atoms with van der Waals surface area (Å²) in [6.45, 7) is 6.75. The summed E-state index contributed by atoms with van der Waals surface area (Å²) in [6, 6.07) is 1.87. The molecule has 2 N–H and O–H groups in total. The summed E-state index contributed by atoms with van der Waals surface area (Å²) in [5.74, 6) is 0.601. The van der Waals surface area contributed by atoms with Crippen LogP contribution in [0.1, 0.15) is 54.4 Å². The van der Waals surface area contributed by atoms with Crippen molar-refractivity contribution >= 4 is 11.8 Å². The van der Waals surface area contributed by atoms with E-state index in [1.807, 2.05) is 38.8 Å². The van der Waals surface area contributed by atoms with Gasteiger partial charge in [-0.05, 0) is 33.6 Å². The molecule has 3 heterocycles. The predicted molar refractivity (Wildman–Crippen MR) is 92.9 cm³/mol. The van der Waals surface area contributed by atoms with Gasteiger partial charge in [0.15, 0.2) is 5.82 Å². The maximum Gasteiger partial charge on any atom is 0.323 e. The molecule has 1 unspecified atom stereocenters. The number of aryl methyl sites for hydroxylation is 4. The number of amides is 2. The first-order valence-electron chi connectivity index (χ1n) is 8.57. The number of anilines is 1. The first kappa shape index (κ1) is 16.5. The largest absolute Gasteiger partial charge is 0.323 e. The van der Waals surface area contributed by atoms with Crippen LogP contribution in [0.4, 0.5) is 10.6 Å². The molecule has 130 valence electrons. The fraction of sp³-hybridized carbons (Fsp3) is 0.588. The number of aromatic amines is 1. The Morgan fingerprint density at radius 1 is 1.29 bits per heavy atom. The molecule has 0 spiro atoms. The van der Waals surface area contributed by atoms with Crippen LogP contribution in [0.2, 0.25) is 0 Å². The Hall–Kier alpha value is -2.31. The average Bonchev–Trinajstić information content (AvgIpc) is 2.92. The number of hydrogen-bond acceptors (Lipinski definition) is 3. The number of H-pyrrole nitrogens is 1. The lowest BCUT2D eigenvalue weighted by Gasteiger charge is -2.30. The Labute approximate surface area is 142 Å². The Morgan fingerprint density at radius 3 is 2.71 bits per heavy atom. The molecule has 0 bridgehead atoms. The minimum Gasteiger partial charge on any atom is -0.317 e. The topological polar surface area (TPSA) is 78.8 Å². The molecular weight excluding hydrogens is 304 g/mol. The van der Waals surface area contributed by atoms with Crippen LogP contribution < -0.4 is 5.32 Å². The number of likely N-dealkylation sites (tertiary alicyclic amines) is 1. The summed E-state index contributed by atoms with van der Waals surface area (Å²) in [7, 11) is 1.87. The van der Waals surface area contributed by atoms with Crippen LogP contribution in [0, 0.1) is 20.8 Å². The number of nitrogens with one attached hydrogen (secondary N) is 2. The molecule has 1 atom stereocenters. The number of nitrogens with zero attached hydrogens (tertiary/aromatic N) is 4. The van der Waals surface area contributed by atoms with E-state index in [1.165, 1.54) is 0 Å². The first-order valence-corrected chi connectivity index (χ1v) is 8.57. The van der Waals surface area contributed by atoms with Gasteiger partial charge in [-0.25, -0.2) is 4.79 Å². The zero-order chi connectivity index (χ0) is 17.3. The summed E-state index contributed by atoms with van der Waals surface area (Å²) < 4.78 is 1.76. The maximum atomic E-state index is 12.9. The molecule has 7 heteroatoms. The van der Waals surface area contributed by atoms with Crippen molar-refractivity contribution in [3.63, 3.8) is 0 Å². The molecule has 3 rings (SSSR count). The zero-order valence-corrected chi connectivity index (χ0v) is 14.9. The van der Waals surface area contributed by atoms with Gasteiger partial charge in [-0.2, -0.15) is 10.2 Å². The molecule has 2 aromatic rings. The molecule has 0 saturated carbocycles. The van der Waals surface area contributed by atoms with Gasteiger partial charge in [-0.15, -0.1) is 0 Å². The van der Waals surface area contributed by atoms with Crippen LogP contribution >= 0.6 is 0 Å². The first-order chi connectivity index (χ1) is 11.5. The van der Waals surface area contributed by atoms with Gasteiger partial charge in [0.25, 0.3) is 0 Å². The lowest BCUT2D eigenvalue weighted by molar-refractivity contribution is 0.189. The monoisotopic (exact) mass is 330 g/mol. The van der Waals surface area contributed by atoms with Gasteiger partial charge < -0.3 is 4.90 Å². The van der Waals surface area contributed by atoms with Crippen molar-refractivity contribution in [3.05, 3.63) is 28.7 Å². The van der Waals surface area contributed by atoms with Crippen molar-refractivity contribution in [3.8, 4) is 0 Å².